The molecule has 0 aromatic carbocycles. The molecule has 0 bridgehead atoms. The summed E-state index contributed by atoms with van der Waals surface area (Å²) in [5.74, 6) is 0.398. The van der Waals surface area contributed by atoms with Crippen LogP contribution in [0.15, 0.2) is 47.6 Å². The Hall–Kier alpha value is 0.133. The van der Waals surface area contributed by atoms with E-state index in [1.165, 1.54) is 11.1 Å². The van der Waals surface area contributed by atoms with Gasteiger partial charge in [0.15, 0.2) is 0 Å². The van der Waals surface area contributed by atoms with E-state index >= 15 is 0 Å². The van der Waals surface area contributed by atoms with E-state index in [-0.39, 0.29) is 38.6 Å². The normalized spacial score (nSPS) is 17.6. The molecule has 0 saturated carbocycles. The predicted molar refractivity (Wildman–Crippen MR) is 52.5 cm³/mol. The minimum absolute atomic E-state index is 0. The molecule has 0 unspecified atom stereocenters. The van der Waals surface area contributed by atoms with Crippen LogP contribution in [0.4, 0.5) is 0 Å². The fraction of sp³-hybridized carbons (Fsp3) is 0.250. The first-order chi connectivity index (χ1) is 5.88. The van der Waals surface area contributed by atoms with Gasteiger partial charge in [-0.15, -0.1) is 5.92 Å². The number of rotatable bonds is 2. The zero-order valence-corrected chi connectivity index (χ0v) is 11.3. The molecule has 0 aliphatic heterocycles. The second-order valence-corrected chi connectivity index (χ2v) is 3.30. The van der Waals surface area contributed by atoms with Gasteiger partial charge in [-0.05, 0) is 12.8 Å². The summed E-state index contributed by atoms with van der Waals surface area (Å²) < 4.78 is 0. The summed E-state index contributed by atoms with van der Waals surface area (Å²) in [5.41, 5.74) is 2.90. The average molecular weight is 284 g/mol. The Morgan fingerprint density at radius 3 is 1.71 bits per heavy atom. The van der Waals surface area contributed by atoms with Crippen molar-refractivity contribution in [1.82, 2.24) is 0 Å². The minimum Gasteiger partial charge on any atom is -1.00 e. The van der Waals surface area contributed by atoms with E-state index < -0.39 is 0 Å². The Morgan fingerprint density at radius 1 is 1.00 bits per heavy atom. The first kappa shape index (κ1) is 14.1. The van der Waals surface area contributed by atoms with Gasteiger partial charge in [-0.25, -0.2) is 0 Å². The van der Waals surface area contributed by atoms with Crippen molar-refractivity contribution >= 4 is 0 Å². The minimum atomic E-state index is 0. The number of allylic oxidation sites excluding steroid dienone is 8. The quantitative estimate of drug-likeness (QED) is 0.636. The molecule has 0 nitrogen and oxygen atoms in total. The second-order valence-electron chi connectivity index (χ2n) is 3.30. The maximum atomic E-state index is 4.19. The molecule has 0 fully saturated rings. The van der Waals surface area contributed by atoms with Gasteiger partial charge in [-0.2, -0.15) is 0 Å². The van der Waals surface area contributed by atoms with Crippen LogP contribution >= 0.6 is 0 Å². The summed E-state index contributed by atoms with van der Waals surface area (Å²) >= 11 is 0. The fourth-order valence-electron chi connectivity index (χ4n) is 1.68. The topological polar surface area (TPSA) is 0 Å². The first-order valence-electron chi connectivity index (χ1n) is 4.42. The fourth-order valence-corrected chi connectivity index (χ4v) is 1.68. The van der Waals surface area contributed by atoms with Crippen LogP contribution in [0.3, 0.4) is 0 Å². The molecule has 2 aliphatic carbocycles. The van der Waals surface area contributed by atoms with E-state index in [4.69, 9.17) is 0 Å². The van der Waals surface area contributed by atoms with Crippen LogP contribution in [0.25, 0.3) is 0 Å². The van der Waals surface area contributed by atoms with Crippen molar-refractivity contribution in [2.24, 2.45) is 5.92 Å². The molecular formula is C12H13ClZr. The number of hydrogen-bond acceptors (Lipinski definition) is 0. The maximum Gasteiger partial charge on any atom is 2.00 e. The van der Waals surface area contributed by atoms with Gasteiger partial charge in [0.05, 0.1) is 0 Å². The van der Waals surface area contributed by atoms with Crippen molar-refractivity contribution < 1.29 is 38.6 Å². The Balaban J connectivity index is 0.000000845. The molecule has 14 heavy (non-hydrogen) atoms. The van der Waals surface area contributed by atoms with Gasteiger partial charge in [0.1, 0.15) is 0 Å². The van der Waals surface area contributed by atoms with E-state index in [0.717, 1.165) is 12.8 Å². The van der Waals surface area contributed by atoms with Crippen LogP contribution in [0.2, 0.25) is 0 Å². The third-order valence-corrected chi connectivity index (χ3v) is 2.50. The molecule has 0 N–H and O–H groups in total. The molecular weight excluding hydrogens is 271 g/mol. The van der Waals surface area contributed by atoms with Gasteiger partial charge < -0.3 is 19.3 Å². The Kier molecular flexibility index (Phi) is 6.65. The van der Waals surface area contributed by atoms with Gasteiger partial charge in [0.2, 0.25) is 0 Å². The van der Waals surface area contributed by atoms with Gasteiger partial charge in [0.25, 0.3) is 0 Å². The summed E-state index contributed by atoms with van der Waals surface area (Å²) in [5, 5.41) is 0. The first-order valence-corrected chi connectivity index (χ1v) is 4.42. The molecule has 0 saturated heterocycles. The zero-order chi connectivity index (χ0) is 8.39. The van der Waals surface area contributed by atoms with Crippen LogP contribution in [0.1, 0.15) is 12.8 Å². The molecule has 0 aromatic heterocycles. The molecule has 0 aromatic rings. The van der Waals surface area contributed by atoms with Crippen LogP contribution in [-0.4, -0.2) is 0 Å². The molecule has 0 amide bonds. The second kappa shape index (κ2) is 6.59. The van der Waals surface area contributed by atoms with E-state index in [2.05, 4.69) is 43.4 Å². The van der Waals surface area contributed by atoms with Crippen LogP contribution in [-0.2, 0) is 26.2 Å². The van der Waals surface area contributed by atoms with E-state index in [9.17, 15) is 0 Å². The van der Waals surface area contributed by atoms with E-state index in [0.29, 0.717) is 5.92 Å². The number of hydrogen-bond donors (Lipinski definition) is 0. The summed E-state index contributed by atoms with van der Waals surface area (Å²) in [6.07, 6.45) is 15.2. The van der Waals surface area contributed by atoms with Crippen molar-refractivity contribution in [3.8, 4) is 0 Å². The number of halogens is 1. The Bertz CT molecular complexity index is 267. The van der Waals surface area contributed by atoms with Gasteiger partial charge in [-0.1, -0.05) is 47.6 Å². The molecule has 72 valence electrons. The third-order valence-electron chi connectivity index (χ3n) is 2.50. The van der Waals surface area contributed by atoms with Crippen molar-refractivity contribution in [1.29, 1.82) is 0 Å². The van der Waals surface area contributed by atoms with Crippen molar-refractivity contribution in [2.45, 2.75) is 12.8 Å². The average Bonchev–Trinajstić information content (AvgIpc) is 2.77. The predicted octanol–water partition coefficient (Wildman–Crippen LogP) is 0.211. The van der Waals surface area contributed by atoms with Crippen molar-refractivity contribution in [3.63, 3.8) is 0 Å². The Morgan fingerprint density at radius 2 is 1.43 bits per heavy atom. The zero-order valence-electron chi connectivity index (χ0n) is 8.04. The van der Waals surface area contributed by atoms with Gasteiger partial charge in [0, 0.05) is 0 Å². The molecule has 0 atom stereocenters. The summed E-state index contributed by atoms with van der Waals surface area (Å²) in [6.45, 7) is 4.19. The van der Waals surface area contributed by atoms with Crippen LogP contribution in [0, 0.1) is 12.8 Å². The maximum absolute atomic E-state index is 4.19. The van der Waals surface area contributed by atoms with Crippen molar-refractivity contribution in [3.05, 3.63) is 54.5 Å². The largest absolute Gasteiger partial charge is 2.00 e. The SMILES string of the molecule is [CH2-]C(C1=CC=CC1)C1=CC=CC1.[Cl-].[Zr+2]. The molecule has 0 spiro atoms. The smallest absolute Gasteiger partial charge is 1.00 e. The standard InChI is InChI=1S/C12H13.ClH.Zr/c1-10(11-6-2-3-7-11)12-8-4-5-9-12;;/h2-6,8,10H,1,7,9H2;1H;/q-1;;+2/p-1. The summed E-state index contributed by atoms with van der Waals surface area (Å²) in [4.78, 5) is 0. The van der Waals surface area contributed by atoms with Crippen LogP contribution < -0.4 is 12.4 Å². The molecule has 2 rings (SSSR count). The molecule has 0 radical (unpaired) electrons. The third kappa shape index (κ3) is 3.07. The Labute approximate surface area is 111 Å². The van der Waals surface area contributed by atoms with E-state index in [1.54, 1.807) is 0 Å². The molecule has 2 aliphatic rings. The molecule has 0 heterocycles. The van der Waals surface area contributed by atoms with Crippen molar-refractivity contribution in [2.75, 3.05) is 0 Å². The van der Waals surface area contributed by atoms with Gasteiger partial charge >= 0.3 is 26.2 Å². The summed E-state index contributed by atoms with van der Waals surface area (Å²) in [6, 6.07) is 0. The molecule has 2 heteroatoms. The monoisotopic (exact) mass is 282 g/mol. The summed E-state index contributed by atoms with van der Waals surface area (Å²) in [7, 11) is 0. The van der Waals surface area contributed by atoms with Gasteiger partial charge in [-0.3, -0.25) is 0 Å². The van der Waals surface area contributed by atoms with Crippen LogP contribution in [0.5, 0.6) is 0 Å². The van der Waals surface area contributed by atoms with E-state index in [1.807, 2.05) is 0 Å².